The number of halogens is 1. The molecule has 1 saturated heterocycles. The Hall–Kier alpha value is -2.25. The van der Waals surface area contributed by atoms with Crippen LogP contribution in [0.2, 0.25) is 5.02 Å². The second kappa shape index (κ2) is 6.93. The van der Waals surface area contributed by atoms with E-state index in [4.69, 9.17) is 21.1 Å². The van der Waals surface area contributed by atoms with Gasteiger partial charge in [0.2, 0.25) is 0 Å². The Balaban J connectivity index is 1.35. The van der Waals surface area contributed by atoms with Crippen molar-refractivity contribution < 1.29 is 9.47 Å². The van der Waals surface area contributed by atoms with Crippen molar-refractivity contribution in [1.82, 2.24) is 15.1 Å². The third-order valence-electron chi connectivity index (χ3n) is 4.50. The molecule has 25 heavy (non-hydrogen) atoms. The topological polar surface area (TPSA) is 70.7 Å². The minimum absolute atomic E-state index is 0.00867. The van der Waals surface area contributed by atoms with E-state index < -0.39 is 0 Å². The normalized spacial score (nSPS) is 20.5. The molecule has 132 valence electrons. The number of hydrogen-bond donors (Lipinski definition) is 1. The fourth-order valence-corrected chi connectivity index (χ4v) is 3.51. The van der Waals surface area contributed by atoms with Gasteiger partial charge in [-0.3, -0.25) is 9.69 Å². The zero-order valence-corrected chi connectivity index (χ0v) is 14.4. The van der Waals surface area contributed by atoms with Crippen LogP contribution in [0.15, 0.2) is 35.3 Å². The summed E-state index contributed by atoms with van der Waals surface area (Å²) in [6.07, 6.45) is 1.48. The first-order chi connectivity index (χ1) is 12.2. The number of rotatable bonds is 3. The van der Waals surface area contributed by atoms with E-state index in [2.05, 4.69) is 15.1 Å². The Kier molecular flexibility index (Phi) is 4.50. The quantitative estimate of drug-likeness (QED) is 0.889. The van der Waals surface area contributed by atoms with Crippen LogP contribution in [-0.2, 0) is 0 Å². The molecule has 0 spiro atoms. The molecular weight excluding hydrogens is 344 g/mol. The summed E-state index contributed by atoms with van der Waals surface area (Å²) in [4.78, 5) is 16.3. The lowest BCUT2D eigenvalue weighted by atomic mass is 10.2. The summed E-state index contributed by atoms with van der Waals surface area (Å²) in [6.45, 7) is 4.48. The van der Waals surface area contributed by atoms with Gasteiger partial charge in [-0.15, -0.1) is 0 Å². The van der Waals surface area contributed by atoms with Gasteiger partial charge in [0, 0.05) is 32.7 Å². The maximum absolute atomic E-state index is 12.0. The number of H-pyrrole nitrogens is 1. The summed E-state index contributed by atoms with van der Waals surface area (Å²) in [7, 11) is 0. The number of nitrogens with one attached hydrogen (secondary N) is 1. The van der Waals surface area contributed by atoms with Crippen LogP contribution in [0.25, 0.3) is 0 Å². The smallest absolute Gasteiger partial charge is 0.289 e. The van der Waals surface area contributed by atoms with Crippen molar-refractivity contribution in [1.29, 1.82) is 0 Å². The molecule has 1 aromatic heterocycles. The van der Waals surface area contributed by atoms with Crippen LogP contribution in [-0.4, -0.2) is 60.5 Å². The number of benzene rings is 1. The van der Waals surface area contributed by atoms with Gasteiger partial charge in [0.25, 0.3) is 5.56 Å². The largest absolute Gasteiger partial charge is 0.486 e. The molecule has 1 aromatic carbocycles. The second-order valence-electron chi connectivity index (χ2n) is 6.18. The summed E-state index contributed by atoms with van der Waals surface area (Å²) in [5.74, 6) is 1.60. The van der Waals surface area contributed by atoms with E-state index in [-0.39, 0.29) is 11.7 Å². The van der Waals surface area contributed by atoms with Crippen molar-refractivity contribution in [2.75, 3.05) is 44.2 Å². The van der Waals surface area contributed by atoms with Gasteiger partial charge in [-0.2, -0.15) is 5.10 Å². The van der Waals surface area contributed by atoms with E-state index in [0.717, 1.165) is 44.2 Å². The Labute approximate surface area is 150 Å². The highest BCUT2D eigenvalue weighted by Crippen LogP contribution is 2.31. The lowest BCUT2D eigenvalue weighted by Gasteiger charge is -2.38. The van der Waals surface area contributed by atoms with Crippen LogP contribution in [0.3, 0.4) is 0 Å². The van der Waals surface area contributed by atoms with Gasteiger partial charge in [0.05, 0.1) is 11.2 Å². The zero-order chi connectivity index (χ0) is 17.2. The third kappa shape index (κ3) is 3.43. The van der Waals surface area contributed by atoms with Crippen LogP contribution < -0.4 is 19.9 Å². The van der Waals surface area contributed by atoms with Crippen LogP contribution in [0.5, 0.6) is 11.5 Å². The minimum Gasteiger partial charge on any atom is -0.486 e. The van der Waals surface area contributed by atoms with Gasteiger partial charge in [-0.1, -0.05) is 23.7 Å². The molecule has 2 aliphatic heterocycles. The van der Waals surface area contributed by atoms with Gasteiger partial charge < -0.3 is 14.4 Å². The van der Waals surface area contributed by atoms with E-state index in [1.807, 2.05) is 29.2 Å². The molecule has 7 nitrogen and oxygen atoms in total. The molecule has 1 fully saturated rings. The molecule has 0 saturated carbocycles. The Morgan fingerprint density at radius 3 is 2.72 bits per heavy atom. The summed E-state index contributed by atoms with van der Waals surface area (Å²) >= 11 is 6.13. The molecule has 1 N–H and O–H groups in total. The van der Waals surface area contributed by atoms with E-state index in [1.165, 1.54) is 6.20 Å². The first kappa shape index (κ1) is 16.2. The molecule has 1 unspecified atom stereocenters. The molecule has 0 bridgehead atoms. The number of fused-ring (bicyclic) bond motifs is 1. The molecule has 0 amide bonds. The molecule has 2 aromatic rings. The summed E-state index contributed by atoms with van der Waals surface area (Å²) in [6, 6.07) is 7.73. The average molecular weight is 363 g/mol. The van der Waals surface area contributed by atoms with Crippen molar-refractivity contribution in [2.24, 2.45) is 0 Å². The van der Waals surface area contributed by atoms with E-state index in [0.29, 0.717) is 17.3 Å². The van der Waals surface area contributed by atoms with Gasteiger partial charge >= 0.3 is 0 Å². The number of aromatic nitrogens is 2. The summed E-state index contributed by atoms with van der Waals surface area (Å²) in [5.41, 5.74) is 0.254. The minimum atomic E-state index is -0.249. The number of ether oxygens (including phenoxy) is 2. The van der Waals surface area contributed by atoms with E-state index in [9.17, 15) is 4.79 Å². The first-order valence-corrected chi connectivity index (χ1v) is 8.67. The fraction of sp³-hybridized carbons (Fsp3) is 0.412. The lowest BCUT2D eigenvalue weighted by molar-refractivity contribution is 0.0571. The van der Waals surface area contributed by atoms with Crippen molar-refractivity contribution in [3.05, 3.63) is 45.8 Å². The van der Waals surface area contributed by atoms with Gasteiger partial charge in [-0.05, 0) is 12.1 Å². The number of nitrogens with zero attached hydrogens (tertiary/aromatic N) is 3. The van der Waals surface area contributed by atoms with Crippen molar-refractivity contribution in [3.63, 3.8) is 0 Å². The number of aromatic amines is 1. The average Bonchev–Trinajstić information content (AvgIpc) is 2.63. The van der Waals surface area contributed by atoms with Crippen molar-refractivity contribution in [2.45, 2.75) is 6.10 Å². The highest BCUT2D eigenvalue weighted by molar-refractivity contribution is 6.33. The predicted molar refractivity (Wildman–Crippen MR) is 94.9 cm³/mol. The Morgan fingerprint density at radius 2 is 1.96 bits per heavy atom. The van der Waals surface area contributed by atoms with Crippen LogP contribution in [0.4, 0.5) is 5.69 Å². The SMILES string of the molecule is O=c1[nH]ncc(Cl)c1N1CCN(CC2COc3ccccc3O2)CC1. The van der Waals surface area contributed by atoms with E-state index in [1.54, 1.807) is 0 Å². The molecular formula is C17H19ClN4O3. The molecule has 3 heterocycles. The number of hydrogen-bond acceptors (Lipinski definition) is 6. The summed E-state index contributed by atoms with van der Waals surface area (Å²) < 4.78 is 11.8. The molecule has 0 aliphatic carbocycles. The lowest BCUT2D eigenvalue weighted by Crippen LogP contribution is -2.51. The maximum atomic E-state index is 12.0. The number of anilines is 1. The highest BCUT2D eigenvalue weighted by atomic mass is 35.5. The number of para-hydroxylation sites is 2. The monoisotopic (exact) mass is 362 g/mol. The maximum Gasteiger partial charge on any atom is 0.289 e. The van der Waals surface area contributed by atoms with Crippen LogP contribution >= 0.6 is 11.6 Å². The molecule has 4 rings (SSSR count). The highest BCUT2D eigenvalue weighted by Gasteiger charge is 2.26. The second-order valence-corrected chi connectivity index (χ2v) is 6.59. The van der Waals surface area contributed by atoms with Crippen LogP contribution in [0.1, 0.15) is 0 Å². The van der Waals surface area contributed by atoms with Crippen LogP contribution in [0, 0.1) is 0 Å². The van der Waals surface area contributed by atoms with Crippen molar-refractivity contribution >= 4 is 17.3 Å². The summed E-state index contributed by atoms with van der Waals surface area (Å²) in [5, 5.41) is 6.54. The molecule has 8 heteroatoms. The Bertz CT molecular complexity index is 804. The molecule has 0 radical (unpaired) electrons. The Morgan fingerprint density at radius 1 is 1.20 bits per heavy atom. The molecule has 1 atom stereocenters. The van der Waals surface area contributed by atoms with Gasteiger partial charge in [0.15, 0.2) is 11.5 Å². The predicted octanol–water partition coefficient (Wildman–Crippen LogP) is 1.39. The van der Waals surface area contributed by atoms with Crippen molar-refractivity contribution in [3.8, 4) is 11.5 Å². The number of piperazine rings is 1. The van der Waals surface area contributed by atoms with Gasteiger partial charge in [0.1, 0.15) is 18.4 Å². The first-order valence-electron chi connectivity index (χ1n) is 8.29. The van der Waals surface area contributed by atoms with Gasteiger partial charge in [-0.25, -0.2) is 5.10 Å². The zero-order valence-electron chi connectivity index (χ0n) is 13.7. The van der Waals surface area contributed by atoms with E-state index >= 15 is 0 Å². The fourth-order valence-electron chi connectivity index (χ4n) is 3.26. The molecule has 2 aliphatic rings. The third-order valence-corrected chi connectivity index (χ3v) is 4.78. The standard InChI is InChI=1S/C17H19ClN4O3/c18-13-9-19-20-17(23)16(13)22-7-5-21(6-8-22)10-12-11-24-14-3-1-2-4-15(14)25-12/h1-4,9,12H,5-8,10-11H2,(H,20,23).